The lowest BCUT2D eigenvalue weighted by molar-refractivity contribution is 0.0421. The van der Waals surface area contributed by atoms with Gasteiger partial charge in [0.2, 0.25) is 0 Å². The van der Waals surface area contributed by atoms with Gasteiger partial charge in [-0.25, -0.2) is 0 Å². The first-order chi connectivity index (χ1) is 5.83. The van der Waals surface area contributed by atoms with Gasteiger partial charge in [-0.15, -0.1) is 0 Å². The van der Waals surface area contributed by atoms with Gasteiger partial charge in [0.25, 0.3) is 0 Å². The third-order valence-electron chi connectivity index (χ3n) is 2.43. The molecular weight excluding hydrogens is 150 g/mol. The lowest BCUT2D eigenvalue weighted by atomic mass is 10.0. The Morgan fingerprint density at radius 1 is 1.50 bits per heavy atom. The SMILES string of the molecule is CCCN(C)CC1CCCOC1. The topological polar surface area (TPSA) is 12.5 Å². The molecule has 0 bridgehead atoms. The number of hydrogen-bond acceptors (Lipinski definition) is 2. The van der Waals surface area contributed by atoms with E-state index in [4.69, 9.17) is 4.74 Å². The molecule has 0 spiro atoms. The Balaban J connectivity index is 2.11. The van der Waals surface area contributed by atoms with Gasteiger partial charge >= 0.3 is 0 Å². The average Bonchev–Trinajstić information content (AvgIpc) is 2.06. The van der Waals surface area contributed by atoms with Crippen LogP contribution in [-0.2, 0) is 4.74 Å². The van der Waals surface area contributed by atoms with Crippen molar-refractivity contribution >= 4 is 0 Å². The second-order valence-electron chi connectivity index (χ2n) is 3.85. The molecule has 72 valence electrons. The molecular formula is C10H21NO. The summed E-state index contributed by atoms with van der Waals surface area (Å²) < 4.78 is 5.43. The molecule has 0 aromatic rings. The predicted molar refractivity (Wildman–Crippen MR) is 51.3 cm³/mol. The summed E-state index contributed by atoms with van der Waals surface area (Å²) in [5.41, 5.74) is 0. The van der Waals surface area contributed by atoms with Gasteiger partial charge in [0.15, 0.2) is 0 Å². The molecule has 0 radical (unpaired) electrons. The van der Waals surface area contributed by atoms with E-state index in [1.165, 1.54) is 32.4 Å². The maximum absolute atomic E-state index is 5.43. The normalized spacial score (nSPS) is 24.8. The molecule has 1 fully saturated rings. The van der Waals surface area contributed by atoms with Crippen LogP contribution in [0.4, 0.5) is 0 Å². The third kappa shape index (κ3) is 3.55. The lowest BCUT2D eigenvalue weighted by Crippen LogP contribution is -2.31. The van der Waals surface area contributed by atoms with E-state index >= 15 is 0 Å². The highest BCUT2D eigenvalue weighted by Gasteiger charge is 2.14. The van der Waals surface area contributed by atoms with E-state index in [9.17, 15) is 0 Å². The molecule has 0 N–H and O–H groups in total. The van der Waals surface area contributed by atoms with E-state index in [1.54, 1.807) is 0 Å². The van der Waals surface area contributed by atoms with E-state index in [0.717, 1.165) is 19.1 Å². The van der Waals surface area contributed by atoms with E-state index < -0.39 is 0 Å². The minimum absolute atomic E-state index is 0.787. The van der Waals surface area contributed by atoms with Gasteiger partial charge in [-0.05, 0) is 38.8 Å². The van der Waals surface area contributed by atoms with Crippen LogP contribution in [0.25, 0.3) is 0 Å². The molecule has 12 heavy (non-hydrogen) atoms. The van der Waals surface area contributed by atoms with Gasteiger partial charge in [-0.3, -0.25) is 0 Å². The van der Waals surface area contributed by atoms with E-state index in [0.29, 0.717) is 0 Å². The number of ether oxygens (including phenoxy) is 1. The molecule has 2 heteroatoms. The first kappa shape index (κ1) is 10.0. The lowest BCUT2D eigenvalue weighted by Gasteiger charge is -2.26. The smallest absolute Gasteiger partial charge is 0.0506 e. The maximum atomic E-state index is 5.43. The Bertz CT molecular complexity index is 110. The molecule has 1 atom stereocenters. The van der Waals surface area contributed by atoms with Gasteiger partial charge in [-0.2, -0.15) is 0 Å². The van der Waals surface area contributed by atoms with E-state index in [-0.39, 0.29) is 0 Å². The highest BCUT2D eigenvalue weighted by Crippen LogP contribution is 2.14. The monoisotopic (exact) mass is 171 g/mol. The molecule has 0 amide bonds. The number of rotatable bonds is 4. The minimum atomic E-state index is 0.787. The quantitative estimate of drug-likeness (QED) is 0.639. The maximum Gasteiger partial charge on any atom is 0.0506 e. The standard InChI is InChI=1S/C10H21NO/c1-3-6-11(2)8-10-5-4-7-12-9-10/h10H,3-9H2,1-2H3. The zero-order chi connectivity index (χ0) is 8.81. The zero-order valence-electron chi connectivity index (χ0n) is 8.38. The molecule has 1 aliphatic heterocycles. The molecule has 0 aromatic heterocycles. The summed E-state index contributed by atoms with van der Waals surface area (Å²) >= 11 is 0. The van der Waals surface area contributed by atoms with Crippen LogP contribution in [0.5, 0.6) is 0 Å². The van der Waals surface area contributed by atoms with Crippen LogP contribution in [0.15, 0.2) is 0 Å². The first-order valence-corrected chi connectivity index (χ1v) is 5.09. The van der Waals surface area contributed by atoms with Crippen LogP contribution >= 0.6 is 0 Å². The third-order valence-corrected chi connectivity index (χ3v) is 2.43. The molecule has 1 aliphatic rings. The molecule has 0 saturated carbocycles. The van der Waals surface area contributed by atoms with Crippen molar-refractivity contribution in [2.45, 2.75) is 26.2 Å². The highest BCUT2D eigenvalue weighted by atomic mass is 16.5. The van der Waals surface area contributed by atoms with Crippen LogP contribution in [0.1, 0.15) is 26.2 Å². The Hall–Kier alpha value is -0.0800. The summed E-state index contributed by atoms with van der Waals surface area (Å²) in [4.78, 5) is 2.42. The largest absolute Gasteiger partial charge is 0.381 e. The summed E-state index contributed by atoms with van der Waals surface area (Å²) in [5.74, 6) is 0.787. The van der Waals surface area contributed by atoms with Crippen molar-refractivity contribution in [3.63, 3.8) is 0 Å². The van der Waals surface area contributed by atoms with E-state index in [2.05, 4.69) is 18.9 Å². The first-order valence-electron chi connectivity index (χ1n) is 5.09. The number of hydrogen-bond donors (Lipinski definition) is 0. The van der Waals surface area contributed by atoms with Crippen molar-refractivity contribution in [2.75, 3.05) is 33.4 Å². The van der Waals surface area contributed by atoms with Crippen molar-refractivity contribution < 1.29 is 4.74 Å². The summed E-state index contributed by atoms with van der Waals surface area (Å²) in [7, 11) is 2.21. The van der Waals surface area contributed by atoms with Crippen LogP contribution in [0, 0.1) is 5.92 Å². The van der Waals surface area contributed by atoms with Crippen molar-refractivity contribution in [1.82, 2.24) is 4.90 Å². The summed E-state index contributed by atoms with van der Waals surface area (Å²) in [6.07, 6.45) is 3.86. The van der Waals surface area contributed by atoms with Gasteiger partial charge in [0, 0.05) is 13.2 Å². The molecule has 0 aromatic carbocycles. The van der Waals surface area contributed by atoms with Crippen molar-refractivity contribution in [2.24, 2.45) is 5.92 Å². The summed E-state index contributed by atoms with van der Waals surface area (Å²) in [6.45, 7) is 6.63. The second-order valence-corrected chi connectivity index (χ2v) is 3.85. The molecule has 1 saturated heterocycles. The number of nitrogens with zero attached hydrogens (tertiary/aromatic N) is 1. The molecule has 2 nitrogen and oxygen atoms in total. The second kappa shape index (κ2) is 5.55. The van der Waals surface area contributed by atoms with Crippen LogP contribution in [-0.4, -0.2) is 38.3 Å². The highest BCUT2D eigenvalue weighted by molar-refractivity contribution is 4.66. The van der Waals surface area contributed by atoms with Crippen LogP contribution < -0.4 is 0 Å². The summed E-state index contributed by atoms with van der Waals surface area (Å²) in [6, 6.07) is 0. The minimum Gasteiger partial charge on any atom is -0.381 e. The molecule has 1 unspecified atom stereocenters. The van der Waals surface area contributed by atoms with Gasteiger partial charge in [0.1, 0.15) is 0 Å². The Morgan fingerprint density at radius 3 is 2.92 bits per heavy atom. The van der Waals surface area contributed by atoms with Crippen molar-refractivity contribution in [3.8, 4) is 0 Å². The van der Waals surface area contributed by atoms with Gasteiger partial charge in [0.05, 0.1) is 6.61 Å². The summed E-state index contributed by atoms with van der Waals surface area (Å²) in [5, 5.41) is 0. The Labute approximate surface area is 75.9 Å². The van der Waals surface area contributed by atoms with Crippen molar-refractivity contribution in [3.05, 3.63) is 0 Å². The Kier molecular flexibility index (Phi) is 4.62. The molecule has 1 rings (SSSR count). The van der Waals surface area contributed by atoms with Crippen molar-refractivity contribution in [1.29, 1.82) is 0 Å². The zero-order valence-corrected chi connectivity index (χ0v) is 8.38. The average molecular weight is 171 g/mol. The molecule has 1 heterocycles. The van der Waals surface area contributed by atoms with Crippen LogP contribution in [0.3, 0.4) is 0 Å². The molecule has 0 aliphatic carbocycles. The Morgan fingerprint density at radius 2 is 2.33 bits per heavy atom. The van der Waals surface area contributed by atoms with Gasteiger partial charge < -0.3 is 9.64 Å². The fraction of sp³-hybridized carbons (Fsp3) is 1.00. The van der Waals surface area contributed by atoms with Gasteiger partial charge in [-0.1, -0.05) is 6.92 Å². The fourth-order valence-electron chi connectivity index (χ4n) is 1.87. The fourth-order valence-corrected chi connectivity index (χ4v) is 1.87. The predicted octanol–water partition coefficient (Wildman–Crippen LogP) is 1.75. The van der Waals surface area contributed by atoms with E-state index in [1.807, 2.05) is 0 Å². The van der Waals surface area contributed by atoms with Crippen LogP contribution in [0.2, 0.25) is 0 Å².